The average molecular weight is 371 g/mol. The van der Waals surface area contributed by atoms with Gasteiger partial charge in [-0.05, 0) is 57.3 Å². The van der Waals surface area contributed by atoms with E-state index in [9.17, 15) is 9.90 Å². The third kappa shape index (κ3) is 9.85. The summed E-state index contributed by atoms with van der Waals surface area (Å²) in [5.74, 6) is 2.24. The normalized spacial score (nSPS) is 16.9. The van der Waals surface area contributed by atoms with Crippen LogP contribution in [0, 0.1) is 17.8 Å². The van der Waals surface area contributed by atoms with Gasteiger partial charge in [0.25, 0.3) is 0 Å². The lowest BCUT2D eigenvalue weighted by molar-refractivity contribution is 0.146. The largest absolute Gasteiger partial charge is 0.450 e. The molecule has 0 radical (unpaired) electrons. The highest BCUT2D eigenvalue weighted by molar-refractivity contribution is 5.79. The van der Waals surface area contributed by atoms with Crippen molar-refractivity contribution in [1.29, 1.82) is 0 Å². The second-order valence-corrected chi connectivity index (χ2v) is 7.42. The SMILES string of the molecule is CCNC(=NCC(CCO)CC(C)C)NCC(NC(=O)OCC)C1CC1. The highest BCUT2D eigenvalue weighted by Gasteiger charge is 2.32. The number of hydrogen-bond acceptors (Lipinski definition) is 4. The van der Waals surface area contributed by atoms with E-state index in [2.05, 4.69) is 29.8 Å². The van der Waals surface area contributed by atoms with Gasteiger partial charge in [0.15, 0.2) is 5.96 Å². The Kier molecular flexibility index (Phi) is 11.1. The molecule has 1 amide bonds. The molecule has 1 aliphatic rings. The number of aliphatic hydroxyl groups is 1. The van der Waals surface area contributed by atoms with E-state index in [1.807, 2.05) is 6.92 Å². The number of aliphatic hydroxyl groups excluding tert-OH is 1. The molecule has 7 nitrogen and oxygen atoms in total. The summed E-state index contributed by atoms with van der Waals surface area (Å²) in [6, 6.07) is 0.0572. The van der Waals surface area contributed by atoms with Gasteiger partial charge in [-0.3, -0.25) is 4.99 Å². The maximum atomic E-state index is 11.7. The molecule has 0 spiro atoms. The first-order valence-electron chi connectivity index (χ1n) is 10.1. The van der Waals surface area contributed by atoms with Crippen molar-refractivity contribution in [2.75, 3.05) is 32.8 Å². The van der Waals surface area contributed by atoms with Gasteiger partial charge in [-0.15, -0.1) is 0 Å². The Morgan fingerprint density at radius 2 is 2.00 bits per heavy atom. The van der Waals surface area contributed by atoms with Crippen LogP contribution < -0.4 is 16.0 Å². The number of carbonyl (C=O) groups is 1. The molecule has 1 fully saturated rings. The van der Waals surface area contributed by atoms with Gasteiger partial charge in [-0.25, -0.2) is 4.79 Å². The fraction of sp³-hybridized carbons (Fsp3) is 0.895. The summed E-state index contributed by atoms with van der Waals surface area (Å²) in [4.78, 5) is 16.4. The second-order valence-electron chi connectivity index (χ2n) is 7.42. The molecule has 152 valence electrons. The molecular formula is C19H38N4O3. The average Bonchev–Trinajstić information content (AvgIpc) is 3.40. The molecule has 7 heteroatoms. The van der Waals surface area contributed by atoms with Gasteiger partial charge in [0, 0.05) is 26.2 Å². The minimum Gasteiger partial charge on any atom is -0.450 e. The van der Waals surface area contributed by atoms with Crippen molar-refractivity contribution in [2.24, 2.45) is 22.7 Å². The minimum atomic E-state index is -0.354. The number of nitrogens with one attached hydrogen (secondary N) is 3. The maximum absolute atomic E-state index is 11.7. The van der Waals surface area contributed by atoms with Crippen molar-refractivity contribution < 1.29 is 14.6 Å². The topological polar surface area (TPSA) is 95.0 Å². The third-order valence-corrected chi connectivity index (χ3v) is 4.45. The predicted molar refractivity (Wildman–Crippen MR) is 105 cm³/mol. The first-order chi connectivity index (χ1) is 12.5. The van der Waals surface area contributed by atoms with Gasteiger partial charge < -0.3 is 25.8 Å². The Labute approximate surface area is 158 Å². The lowest BCUT2D eigenvalue weighted by atomic mass is 9.94. The zero-order chi connectivity index (χ0) is 19.4. The quantitative estimate of drug-likeness (QED) is 0.312. The zero-order valence-electron chi connectivity index (χ0n) is 16.9. The van der Waals surface area contributed by atoms with Crippen LogP contribution in [0.1, 0.15) is 53.4 Å². The molecule has 0 bridgehead atoms. The van der Waals surface area contributed by atoms with Crippen molar-refractivity contribution in [2.45, 2.75) is 59.4 Å². The number of ether oxygens (including phenoxy) is 1. The summed E-state index contributed by atoms with van der Waals surface area (Å²) in [5, 5.41) is 18.8. The van der Waals surface area contributed by atoms with Crippen LogP contribution >= 0.6 is 0 Å². The molecule has 0 aromatic rings. The van der Waals surface area contributed by atoms with Crippen LogP contribution in [-0.2, 0) is 4.74 Å². The Balaban J connectivity index is 2.56. The molecular weight excluding hydrogens is 332 g/mol. The molecule has 2 unspecified atom stereocenters. The third-order valence-electron chi connectivity index (χ3n) is 4.45. The molecule has 26 heavy (non-hydrogen) atoms. The molecule has 2 atom stereocenters. The van der Waals surface area contributed by atoms with E-state index in [0.29, 0.717) is 37.5 Å². The summed E-state index contributed by atoms with van der Waals surface area (Å²) in [6.45, 7) is 10.9. The number of nitrogens with zero attached hydrogens (tertiary/aromatic N) is 1. The monoisotopic (exact) mass is 370 g/mol. The Bertz CT molecular complexity index is 425. The van der Waals surface area contributed by atoms with Crippen LogP contribution in [0.3, 0.4) is 0 Å². The van der Waals surface area contributed by atoms with Crippen LogP contribution in [-0.4, -0.2) is 56.0 Å². The van der Waals surface area contributed by atoms with Crippen molar-refractivity contribution in [3.05, 3.63) is 0 Å². The molecule has 0 aromatic carbocycles. The maximum Gasteiger partial charge on any atom is 0.407 e. The molecule has 1 aliphatic carbocycles. The highest BCUT2D eigenvalue weighted by atomic mass is 16.5. The van der Waals surface area contributed by atoms with Gasteiger partial charge in [0.2, 0.25) is 0 Å². The van der Waals surface area contributed by atoms with Crippen molar-refractivity contribution >= 4 is 12.1 Å². The molecule has 0 saturated heterocycles. The zero-order valence-corrected chi connectivity index (χ0v) is 16.9. The van der Waals surface area contributed by atoms with E-state index < -0.39 is 0 Å². The summed E-state index contributed by atoms with van der Waals surface area (Å²) in [5.41, 5.74) is 0. The van der Waals surface area contributed by atoms with Gasteiger partial charge in [0.05, 0.1) is 12.6 Å². The number of hydrogen-bond donors (Lipinski definition) is 4. The predicted octanol–water partition coefficient (Wildman–Crippen LogP) is 2.11. The fourth-order valence-corrected chi connectivity index (χ4v) is 3.06. The Hall–Kier alpha value is -1.50. The summed E-state index contributed by atoms with van der Waals surface area (Å²) >= 11 is 0. The number of alkyl carbamates (subject to hydrolysis) is 1. The van der Waals surface area contributed by atoms with E-state index >= 15 is 0 Å². The first kappa shape index (κ1) is 22.5. The molecule has 0 heterocycles. The molecule has 0 aliphatic heterocycles. The summed E-state index contributed by atoms with van der Waals surface area (Å²) in [6.07, 6.45) is 3.75. The summed E-state index contributed by atoms with van der Waals surface area (Å²) in [7, 11) is 0. The number of aliphatic imine (C=N–C) groups is 1. The van der Waals surface area contributed by atoms with E-state index in [1.165, 1.54) is 0 Å². The van der Waals surface area contributed by atoms with Gasteiger partial charge in [-0.1, -0.05) is 13.8 Å². The molecule has 4 N–H and O–H groups in total. The smallest absolute Gasteiger partial charge is 0.407 e. The minimum absolute atomic E-state index is 0.0572. The van der Waals surface area contributed by atoms with Crippen LogP contribution in [0.4, 0.5) is 4.79 Å². The Morgan fingerprint density at radius 3 is 2.54 bits per heavy atom. The van der Waals surface area contributed by atoms with E-state index in [4.69, 9.17) is 9.73 Å². The van der Waals surface area contributed by atoms with Crippen LogP contribution in [0.5, 0.6) is 0 Å². The number of amides is 1. The summed E-state index contributed by atoms with van der Waals surface area (Å²) < 4.78 is 5.00. The number of rotatable bonds is 12. The lowest BCUT2D eigenvalue weighted by Gasteiger charge is -2.21. The number of carbonyl (C=O) groups excluding carboxylic acids is 1. The van der Waals surface area contributed by atoms with Crippen LogP contribution in [0.2, 0.25) is 0 Å². The van der Waals surface area contributed by atoms with E-state index in [-0.39, 0.29) is 18.7 Å². The Morgan fingerprint density at radius 1 is 1.27 bits per heavy atom. The second kappa shape index (κ2) is 12.8. The van der Waals surface area contributed by atoms with E-state index in [0.717, 1.165) is 38.2 Å². The van der Waals surface area contributed by atoms with Crippen molar-refractivity contribution in [3.63, 3.8) is 0 Å². The molecule has 1 saturated carbocycles. The van der Waals surface area contributed by atoms with Crippen LogP contribution in [0.15, 0.2) is 4.99 Å². The van der Waals surface area contributed by atoms with Gasteiger partial charge >= 0.3 is 6.09 Å². The van der Waals surface area contributed by atoms with Crippen LogP contribution in [0.25, 0.3) is 0 Å². The van der Waals surface area contributed by atoms with E-state index in [1.54, 1.807) is 6.92 Å². The van der Waals surface area contributed by atoms with Crippen molar-refractivity contribution in [1.82, 2.24) is 16.0 Å². The highest BCUT2D eigenvalue weighted by Crippen LogP contribution is 2.32. The standard InChI is InChI=1S/C19H38N4O3/c1-5-20-18(21-12-15(9-10-24)11-14(3)4)22-13-17(16-7-8-16)23-19(25)26-6-2/h14-17,24H,5-13H2,1-4H3,(H,23,25)(H2,20,21,22). The van der Waals surface area contributed by atoms with Gasteiger partial charge in [0.1, 0.15) is 0 Å². The lowest BCUT2D eigenvalue weighted by Crippen LogP contribution is -2.48. The first-order valence-corrected chi connectivity index (χ1v) is 10.1. The van der Waals surface area contributed by atoms with Gasteiger partial charge in [-0.2, -0.15) is 0 Å². The fourth-order valence-electron chi connectivity index (χ4n) is 3.06. The number of guanidine groups is 1. The van der Waals surface area contributed by atoms with Crippen molar-refractivity contribution in [3.8, 4) is 0 Å². The molecule has 0 aromatic heterocycles. The molecule has 1 rings (SSSR count).